The number of carbonyl (C=O) groups is 2. The number of nitrogens with one attached hydrogen (secondary N) is 1. The largest absolute Gasteiger partial charge is 0.366 e. The highest BCUT2D eigenvalue weighted by Gasteiger charge is 2.12. The lowest BCUT2D eigenvalue weighted by Crippen LogP contribution is -2.17. The Labute approximate surface area is 117 Å². The fourth-order valence-corrected chi connectivity index (χ4v) is 1.52. The lowest BCUT2D eigenvalue weighted by Gasteiger charge is -2.06. The van der Waals surface area contributed by atoms with E-state index in [1.807, 2.05) is 0 Å². The molecule has 0 saturated heterocycles. The van der Waals surface area contributed by atoms with Crippen molar-refractivity contribution in [1.82, 2.24) is 10.2 Å². The van der Waals surface area contributed by atoms with Gasteiger partial charge in [0.15, 0.2) is 10.8 Å². The average molecular weight is 295 g/mol. The van der Waals surface area contributed by atoms with E-state index in [4.69, 9.17) is 17.3 Å². The Hall–Kier alpha value is -2.54. The number of benzene rings is 1. The van der Waals surface area contributed by atoms with Crippen molar-refractivity contribution in [2.75, 3.05) is 5.32 Å². The Balaban J connectivity index is 2.21. The highest BCUT2D eigenvalue weighted by Crippen LogP contribution is 2.15. The van der Waals surface area contributed by atoms with Crippen molar-refractivity contribution < 1.29 is 14.0 Å². The lowest BCUT2D eigenvalue weighted by atomic mass is 10.1. The van der Waals surface area contributed by atoms with E-state index in [1.54, 1.807) is 0 Å². The molecule has 0 spiro atoms. The Morgan fingerprint density at radius 2 is 1.95 bits per heavy atom. The molecule has 0 aliphatic carbocycles. The zero-order valence-corrected chi connectivity index (χ0v) is 10.7. The molecule has 0 atom stereocenters. The van der Waals surface area contributed by atoms with E-state index >= 15 is 0 Å². The summed E-state index contributed by atoms with van der Waals surface area (Å²) in [5, 5.41) is 9.71. The van der Waals surface area contributed by atoms with Crippen LogP contribution in [0, 0.1) is 5.82 Å². The van der Waals surface area contributed by atoms with E-state index in [2.05, 4.69) is 15.5 Å². The van der Waals surface area contributed by atoms with Crippen LogP contribution in [0.15, 0.2) is 30.3 Å². The first-order valence-corrected chi connectivity index (χ1v) is 5.75. The Morgan fingerprint density at radius 3 is 2.55 bits per heavy atom. The van der Waals surface area contributed by atoms with E-state index < -0.39 is 17.6 Å². The molecule has 0 aliphatic rings. The van der Waals surface area contributed by atoms with Crippen LogP contribution in [0.2, 0.25) is 5.15 Å². The van der Waals surface area contributed by atoms with Gasteiger partial charge in [0.1, 0.15) is 5.82 Å². The second kappa shape index (κ2) is 5.62. The molecule has 2 amide bonds. The topological polar surface area (TPSA) is 98.0 Å². The normalized spacial score (nSPS) is 10.1. The van der Waals surface area contributed by atoms with Crippen LogP contribution >= 0.6 is 11.6 Å². The van der Waals surface area contributed by atoms with Crippen LogP contribution in [0.3, 0.4) is 0 Å². The van der Waals surface area contributed by atoms with Crippen molar-refractivity contribution in [2.24, 2.45) is 5.73 Å². The quantitative estimate of drug-likeness (QED) is 0.898. The zero-order chi connectivity index (χ0) is 14.7. The second-order valence-electron chi connectivity index (χ2n) is 3.75. The van der Waals surface area contributed by atoms with Gasteiger partial charge < -0.3 is 11.1 Å². The molecule has 3 N–H and O–H groups in total. The van der Waals surface area contributed by atoms with Gasteiger partial charge >= 0.3 is 0 Å². The minimum Gasteiger partial charge on any atom is -0.366 e. The smallest absolute Gasteiger partial charge is 0.276 e. The molecule has 0 fully saturated rings. The number of aromatic nitrogens is 2. The molecule has 8 heteroatoms. The summed E-state index contributed by atoms with van der Waals surface area (Å²) in [7, 11) is 0. The number of anilines is 1. The number of amides is 2. The van der Waals surface area contributed by atoms with Gasteiger partial charge in [0, 0.05) is 5.69 Å². The van der Waals surface area contributed by atoms with Gasteiger partial charge in [-0.2, -0.15) is 0 Å². The Morgan fingerprint density at radius 1 is 1.20 bits per heavy atom. The van der Waals surface area contributed by atoms with Crippen LogP contribution in [0.25, 0.3) is 0 Å². The first-order valence-electron chi connectivity index (χ1n) is 5.37. The number of primary amides is 1. The predicted molar refractivity (Wildman–Crippen MR) is 69.9 cm³/mol. The number of nitrogens with two attached hydrogens (primary N) is 1. The fraction of sp³-hybridized carbons (Fsp3) is 0. The summed E-state index contributed by atoms with van der Waals surface area (Å²) >= 11 is 5.55. The molecule has 102 valence electrons. The number of halogens is 2. The molecule has 0 bridgehead atoms. The van der Waals surface area contributed by atoms with Gasteiger partial charge in [0.25, 0.3) is 11.8 Å². The van der Waals surface area contributed by atoms with Gasteiger partial charge in [-0.1, -0.05) is 11.6 Å². The third-order valence-corrected chi connectivity index (χ3v) is 2.56. The van der Waals surface area contributed by atoms with Crippen molar-refractivity contribution in [1.29, 1.82) is 0 Å². The first kappa shape index (κ1) is 13.9. The molecule has 0 unspecified atom stereocenters. The molecule has 6 nitrogen and oxygen atoms in total. The molecule has 2 aromatic rings. The minimum absolute atomic E-state index is 0.0272. The molecule has 1 aromatic heterocycles. The summed E-state index contributed by atoms with van der Waals surface area (Å²) in [6.45, 7) is 0. The van der Waals surface area contributed by atoms with E-state index in [1.165, 1.54) is 18.2 Å². The minimum atomic E-state index is -0.926. The third kappa shape index (κ3) is 3.07. The standard InChI is InChI=1S/C12H8ClFN4O2/c13-10-4-3-9(17-18-10)12(20)16-6-1-2-8(14)7(5-6)11(15)19/h1-5H,(H2,15,19)(H,16,20). The SMILES string of the molecule is NC(=O)c1cc(NC(=O)c2ccc(Cl)nn2)ccc1F. The number of nitrogens with zero attached hydrogens (tertiary/aromatic N) is 2. The average Bonchev–Trinajstić information content (AvgIpc) is 2.41. The highest BCUT2D eigenvalue weighted by atomic mass is 35.5. The molecular formula is C12H8ClFN4O2. The van der Waals surface area contributed by atoms with Crippen LogP contribution in [-0.2, 0) is 0 Å². The molecule has 1 aromatic carbocycles. The van der Waals surface area contributed by atoms with Crippen molar-refractivity contribution in [3.8, 4) is 0 Å². The Kier molecular flexibility index (Phi) is 3.90. The molecule has 2 rings (SSSR count). The maximum atomic E-state index is 13.3. The van der Waals surface area contributed by atoms with Gasteiger partial charge in [0.05, 0.1) is 5.56 Å². The molecule has 20 heavy (non-hydrogen) atoms. The van der Waals surface area contributed by atoms with Gasteiger partial charge in [-0.15, -0.1) is 10.2 Å². The fourth-order valence-electron chi connectivity index (χ4n) is 1.42. The summed E-state index contributed by atoms with van der Waals surface area (Å²) in [6, 6.07) is 6.25. The van der Waals surface area contributed by atoms with Gasteiger partial charge in [-0.3, -0.25) is 9.59 Å². The summed E-state index contributed by atoms with van der Waals surface area (Å²) in [6.07, 6.45) is 0. The highest BCUT2D eigenvalue weighted by molar-refractivity contribution is 6.29. The van der Waals surface area contributed by atoms with Crippen molar-refractivity contribution in [3.05, 3.63) is 52.6 Å². The Bertz CT molecular complexity index is 676. The van der Waals surface area contributed by atoms with Crippen molar-refractivity contribution in [2.45, 2.75) is 0 Å². The number of rotatable bonds is 3. The van der Waals surface area contributed by atoms with Crippen LogP contribution in [0.5, 0.6) is 0 Å². The van der Waals surface area contributed by atoms with Crippen LogP contribution in [0.4, 0.5) is 10.1 Å². The zero-order valence-electron chi connectivity index (χ0n) is 9.93. The molecule has 0 aliphatic heterocycles. The summed E-state index contributed by atoms with van der Waals surface area (Å²) in [5.74, 6) is -2.26. The van der Waals surface area contributed by atoms with E-state index in [0.29, 0.717) is 0 Å². The first-order chi connectivity index (χ1) is 9.47. The van der Waals surface area contributed by atoms with Gasteiger partial charge in [0.2, 0.25) is 0 Å². The molecule has 0 saturated carbocycles. The number of carbonyl (C=O) groups excluding carboxylic acids is 2. The van der Waals surface area contributed by atoms with Gasteiger partial charge in [-0.25, -0.2) is 4.39 Å². The molecule has 0 radical (unpaired) electrons. The number of hydrogen-bond donors (Lipinski definition) is 2. The summed E-state index contributed by atoms with van der Waals surface area (Å²) < 4.78 is 13.3. The van der Waals surface area contributed by atoms with Crippen LogP contribution in [0.1, 0.15) is 20.8 Å². The summed E-state index contributed by atoms with van der Waals surface area (Å²) in [4.78, 5) is 22.8. The number of hydrogen-bond acceptors (Lipinski definition) is 4. The van der Waals surface area contributed by atoms with Crippen molar-refractivity contribution >= 4 is 29.1 Å². The van der Waals surface area contributed by atoms with E-state index in [-0.39, 0.29) is 22.1 Å². The predicted octanol–water partition coefficient (Wildman–Crippen LogP) is 1.62. The maximum absolute atomic E-state index is 13.3. The lowest BCUT2D eigenvalue weighted by molar-refractivity contribution is 0.0992. The second-order valence-corrected chi connectivity index (χ2v) is 4.14. The van der Waals surface area contributed by atoms with E-state index in [0.717, 1.165) is 12.1 Å². The van der Waals surface area contributed by atoms with E-state index in [9.17, 15) is 14.0 Å². The van der Waals surface area contributed by atoms with Crippen LogP contribution < -0.4 is 11.1 Å². The monoisotopic (exact) mass is 294 g/mol. The summed E-state index contributed by atoms with van der Waals surface area (Å²) in [5.41, 5.74) is 4.94. The van der Waals surface area contributed by atoms with Crippen molar-refractivity contribution in [3.63, 3.8) is 0 Å². The third-order valence-electron chi connectivity index (χ3n) is 2.35. The van der Waals surface area contributed by atoms with Crippen LogP contribution in [-0.4, -0.2) is 22.0 Å². The molecule has 1 heterocycles. The van der Waals surface area contributed by atoms with Gasteiger partial charge in [-0.05, 0) is 30.3 Å². The molecular weight excluding hydrogens is 287 g/mol. The maximum Gasteiger partial charge on any atom is 0.276 e.